The second kappa shape index (κ2) is 10.2. The molecule has 13 heteroatoms. The van der Waals surface area contributed by atoms with Gasteiger partial charge in [0.05, 0.1) is 12.1 Å². The molecule has 0 saturated carbocycles. The van der Waals surface area contributed by atoms with Crippen LogP contribution in [-0.4, -0.2) is 28.5 Å². The number of aromatic nitrogens is 2. The molecular weight excluding hydrogens is 482 g/mol. The molecule has 3 aromatic rings. The summed E-state index contributed by atoms with van der Waals surface area (Å²) >= 11 is 0. The summed E-state index contributed by atoms with van der Waals surface area (Å²) < 4.78 is 81.8. The van der Waals surface area contributed by atoms with Crippen molar-refractivity contribution >= 4 is 17.5 Å². The van der Waals surface area contributed by atoms with Crippen LogP contribution in [0.15, 0.2) is 53.1 Å². The van der Waals surface area contributed by atoms with Gasteiger partial charge in [-0.2, -0.15) is 31.3 Å². The molecule has 0 aliphatic rings. The first-order valence-corrected chi connectivity index (χ1v) is 10.1. The van der Waals surface area contributed by atoms with E-state index in [2.05, 4.69) is 20.0 Å². The summed E-state index contributed by atoms with van der Waals surface area (Å²) in [7, 11) is 0. The summed E-state index contributed by atoms with van der Waals surface area (Å²) in [5, 5.41) is 5.74. The first kappa shape index (κ1) is 25.7. The van der Waals surface area contributed by atoms with Crippen LogP contribution in [0.5, 0.6) is 0 Å². The molecule has 1 aromatic heterocycles. The van der Waals surface area contributed by atoms with E-state index in [9.17, 15) is 35.9 Å². The molecule has 2 aromatic carbocycles. The topological polar surface area (TPSA) is 88.3 Å². The molecule has 0 saturated heterocycles. The number of nitrogens with one attached hydrogen (secondary N) is 1. The summed E-state index contributed by atoms with van der Waals surface area (Å²) in [5.74, 6) is -2.72. The van der Waals surface area contributed by atoms with E-state index in [0.717, 1.165) is 17.0 Å². The van der Waals surface area contributed by atoms with E-state index in [1.54, 1.807) is 0 Å². The number of anilines is 1. The SMILES string of the molecule is CC(=O)NCCC(=O)N(Cc1ccc(-c2noc(C(F)(F)F)n2)cc1)c1cccc(C(F)(F)F)c1. The van der Waals surface area contributed by atoms with Crippen LogP contribution in [0.1, 0.15) is 30.4 Å². The lowest BCUT2D eigenvalue weighted by molar-refractivity contribution is -0.159. The smallest absolute Gasteiger partial charge is 0.356 e. The number of benzene rings is 2. The van der Waals surface area contributed by atoms with Crippen molar-refractivity contribution in [3.63, 3.8) is 0 Å². The van der Waals surface area contributed by atoms with Crippen molar-refractivity contribution in [2.45, 2.75) is 32.2 Å². The number of alkyl halides is 6. The normalized spacial score (nSPS) is 11.9. The van der Waals surface area contributed by atoms with E-state index >= 15 is 0 Å². The minimum Gasteiger partial charge on any atom is -0.356 e. The predicted octanol–water partition coefficient (Wildman–Crippen LogP) is 4.83. The van der Waals surface area contributed by atoms with Crippen LogP contribution < -0.4 is 10.2 Å². The molecule has 0 atom stereocenters. The van der Waals surface area contributed by atoms with Gasteiger partial charge in [0.2, 0.25) is 17.6 Å². The number of amides is 2. The van der Waals surface area contributed by atoms with E-state index in [4.69, 9.17) is 0 Å². The number of hydrogen-bond acceptors (Lipinski definition) is 5. The molecule has 0 fully saturated rings. The molecule has 3 rings (SSSR count). The highest BCUT2D eigenvalue weighted by Gasteiger charge is 2.38. The van der Waals surface area contributed by atoms with Crippen molar-refractivity contribution in [2.75, 3.05) is 11.4 Å². The molecule has 0 bridgehead atoms. The molecule has 1 heterocycles. The summed E-state index contributed by atoms with van der Waals surface area (Å²) in [5.41, 5.74) is -0.276. The first-order chi connectivity index (χ1) is 16.3. The number of carbonyl (C=O) groups excluding carboxylic acids is 2. The molecule has 186 valence electrons. The third-order valence-corrected chi connectivity index (χ3v) is 4.72. The Balaban J connectivity index is 1.85. The van der Waals surface area contributed by atoms with Gasteiger partial charge in [0.1, 0.15) is 0 Å². The second-order valence-electron chi connectivity index (χ2n) is 7.38. The van der Waals surface area contributed by atoms with Crippen LogP contribution in [0.4, 0.5) is 32.0 Å². The monoisotopic (exact) mass is 500 g/mol. The minimum absolute atomic E-state index is 0.00952. The predicted molar refractivity (Wildman–Crippen MR) is 111 cm³/mol. The number of rotatable bonds is 7. The fourth-order valence-electron chi connectivity index (χ4n) is 3.05. The second-order valence-corrected chi connectivity index (χ2v) is 7.38. The van der Waals surface area contributed by atoms with E-state index in [1.807, 2.05) is 0 Å². The molecular formula is C22H18F6N4O3. The van der Waals surface area contributed by atoms with E-state index in [-0.39, 0.29) is 42.5 Å². The maximum atomic E-state index is 13.2. The third kappa shape index (κ3) is 6.80. The van der Waals surface area contributed by atoms with Gasteiger partial charge in [-0.15, -0.1) is 0 Å². The van der Waals surface area contributed by atoms with Gasteiger partial charge in [0.25, 0.3) is 0 Å². The van der Waals surface area contributed by atoms with Gasteiger partial charge in [0, 0.05) is 31.1 Å². The molecule has 0 radical (unpaired) electrons. The van der Waals surface area contributed by atoms with Gasteiger partial charge in [-0.3, -0.25) is 9.59 Å². The van der Waals surface area contributed by atoms with Crippen LogP contribution in [-0.2, 0) is 28.5 Å². The quantitative estimate of drug-likeness (QED) is 0.470. The maximum Gasteiger partial charge on any atom is 0.471 e. The summed E-state index contributed by atoms with van der Waals surface area (Å²) in [4.78, 5) is 28.3. The van der Waals surface area contributed by atoms with Crippen molar-refractivity contribution in [1.29, 1.82) is 0 Å². The Labute approximate surface area is 194 Å². The number of halogens is 6. The lowest BCUT2D eigenvalue weighted by atomic mass is 10.1. The standard InChI is InChI=1S/C22H18F6N4O3/c1-13(33)29-10-9-18(34)32(17-4-2-3-16(11-17)21(23,24)25)12-14-5-7-15(8-6-14)19-30-20(35-31-19)22(26,27)28/h2-8,11H,9-10,12H2,1H3,(H,29,33). The zero-order chi connectivity index (χ0) is 25.8. The molecule has 2 amide bonds. The molecule has 0 spiro atoms. The Morgan fingerprint density at radius 3 is 2.26 bits per heavy atom. The maximum absolute atomic E-state index is 13.2. The van der Waals surface area contributed by atoms with Crippen LogP contribution in [0, 0.1) is 0 Å². The summed E-state index contributed by atoms with van der Waals surface area (Å²) in [6.45, 7) is 1.11. The number of nitrogens with zero attached hydrogens (tertiary/aromatic N) is 3. The highest BCUT2D eigenvalue weighted by molar-refractivity contribution is 5.93. The van der Waals surface area contributed by atoms with E-state index < -0.39 is 29.7 Å². The third-order valence-electron chi connectivity index (χ3n) is 4.72. The van der Waals surface area contributed by atoms with Crippen molar-refractivity contribution in [1.82, 2.24) is 15.5 Å². The fraction of sp³-hybridized carbons (Fsp3) is 0.273. The largest absolute Gasteiger partial charge is 0.471 e. The molecule has 1 N–H and O–H groups in total. The average Bonchev–Trinajstić information content (AvgIpc) is 3.28. The Morgan fingerprint density at radius 1 is 1.00 bits per heavy atom. The molecule has 0 unspecified atom stereocenters. The van der Waals surface area contributed by atoms with Crippen LogP contribution in [0.25, 0.3) is 11.4 Å². The Morgan fingerprint density at radius 2 is 1.69 bits per heavy atom. The first-order valence-electron chi connectivity index (χ1n) is 10.1. The Hall–Kier alpha value is -3.90. The van der Waals surface area contributed by atoms with Gasteiger partial charge in [-0.1, -0.05) is 35.5 Å². The highest BCUT2D eigenvalue weighted by Crippen LogP contribution is 2.33. The summed E-state index contributed by atoms with van der Waals surface area (Å²) in [6, 6.07) is 9.96. The summed E-state index contributed by atoms with van der Waals surface area (Å²) in [6.07, 6.45) is -9.59. The molecule has 0 aliphatic heterocycles. The van der Waals surface area contributed by atoms with Crippen LogP contribution >= 0.6 is 0 Å². The van der Waals surface area contributed by atoms with E-state index in [1.165, 1.54) is 43.3 Å². The van der Waals surface area contributed by atoms with Gasteiger partial charge in [-0.25, -0.2) is 0 Å². The zero-order valence-electron chi connectivity index (χ0n) is 18.1. The van der Waals surface area contributed by atoms with Crippen molar-refractivity contribution in [3.05, 3.63) is 65.5 Å². The number of hydrogen-bond donors (Lipinski definition) is 1. The van der Waals surface area contributed by atoms with E-state index in [0.29, 0.717) is 5.56 Å². The Kier molecular flexibility index (Phi) is 7.46. The van der Waals surface area contributed by atoms with Crippen LogP contribution in [0.3, 0.4) is 0 Å². The number of carbonyl (C=O) groups is 2. The fourth-order valence-corrected chi connectivity index (χ4v) is 3.05. The molecule has 7 nitrogen and oxygen atoms in total. The molecule has 0 aliphatic carbocycles. The van der Waals surface area contributed by atoms with Gasteiger partial charge in [0.15, 0.2) is 0 Å². The highest BCUT2D eigenvalue weighted by atomic mass is 19.4. The zero-order valence-corrected chi connectivity index (χ0v) is 18.1. The van der Waals surface area contributed by atoms with Gasteiger partial charge in [-0.05, 0) is 23.8 Å². The minimum atomic E-state index is -4.80. The lowest BCUT2D eigenvalue weighted by Crippen LogP contribution is -2.34. The Bertz CT molecular complexity index is 1190. The lowest BCUT2D eigenvalue weighted by Gasteiger charge is -2.24. The van der Waals surface area contributed by atoms with Crippen molar-refractivity contribution in [2.24, 2.45) is 0 Å². The molecule has 35 heavy (non-hydrogen) atoms. The van der Waals surface area contributed by atoms with Crippen LogP contribution in [0.2, 0.25) is 0 Å². The van der Waals surface area contributed by atoms with Crippen molar-refractivity contribution < 1.29 is 40.5 Å². The van der Waals surface area contributed by atoms with Gasteiger partial charge < -0.3 is 14.7 Å². The average molecular weight is 500 g/mol. The van der Waals surface area contributed by atoms with Gasteiger partial charge >= 0.3 is 18.2 Å². The van der Waals surface area contributed by atoms with Crippen molar-refractivity contribution in [3.8, 4) is 11.4 Å².